The van der Waals surface area contributed by atoms with Gasteiger partial charge in [-0.2, -0.15) is 18.4 Å². The normalized spacial score (nSPS) is 17.0. The third kappa shape index (κ3) is 6.99. The van der Waals surface area contributed by atoms with E-state index >= 15 is 0 Å². The number of nitrogens with zero attached hydrogens (tertiary/aromatic N) is 5. The molecule has 0 spiro atoms. The van der Waals surface area contributed by atoms with Gasteiger partial charge in [0.15, 0.2) is 5.13 Å². The van der Waals surface area contributed by atoms with Crippen LogP contribution in [0.25, 0.3) is 10.2 Å². The molecule has 0 unspecified atom stereocenters. The lowest BCUT2D eigenvalue weighted by atomic mass is 10.0. The fourth-order valence-electron chi connectivity index (χ4n) is 5.00. The van der Waals surface area contributed by atoms with E-state index in [0.717, 1.165) is 10.8 Å². The highest BCUT2D eigenvalue weighted by Crippen LogP contribution is 2.36. The fourth-order valence-corrected chi connectivity index (χ4v) is 5.99. The van der Waals surface area contributed by atoms with Crippen molar-refractivity contribution in [2.45, 2.75) is 31.5 Å². The number of fused-ring (bicyclic) bond motifs is 1. The van der Waals surface area contributed by atoms with Gasteiger partial charge in [-0.3, -0.25) is 4.79 Å². The molecule has 2 saturated heterocycles. The maximum Gasteiger partial charge on any atom is 0.573 e. The van der Waals surface area contributed by atoms with Crippen molar-refractivity contribution in [3.05, 3.63) is 47.5 Å². The van der Waals surface area contributed by atoms with E-state index in [9.17, 15) is 31.1 Å². The molecule has 0 aliphatic carbocycles. The van der Waals surface area contributed by atoms with Crippen molar-refractivity contribution in [2.24, 2.45) is 0 Å². The van der Waals surface area contributed by atoms with Gasteiger partial charge in [-0.1, -0.05) is 11.3 Å². The number of benzene rings is 2. The van der Waals surface area contributed by atoms with Gasteiger partial charge in [0.2, 0.25) is 5.91 Å². The Labute approximate surface area is 240 Å². The Hall–Kier alpha value is -3.77. The van der Waals surface area contributed by atoms with E-state index in [0.29, 0.717) is 68.4 Å². The molecule has 0 N–H and O–H groups in total. The summed E-state index contributed by atoms with van der Waals surface area (Å²) in [6, 6.07) is 9.29. The minimum Gasteiger partial charge on any atom is -0.406 e. The first-order valence-corrected chi connectivity index (χ1v) is 13.9. The van der Waals surface area contributed by atoms with Crippen LogP contribution in [0.2, 0.25) is 0 Å². The van der Waals surface area contributed by atoms with Crippen LogP contribution in [0.15, 0.2) is 36.4 Å². The van der Waals surface area contributed by atoms with E-state index in [1.807, 2.05) is 9.80 Å². The van der Waals surface area contributed by atoms with Crippen molar-refractivity contribution in [1.82, 2.24) is 9.88 Å². The van der Waals surface area contributed by atoms with Gasteiger partial charge >= 0.3 is 12.5 Å². The molecule has 3 aromatic rings. The molecule has 2 fully saturated rings. The zero-order valence-corrected chi connectivity index (χ0v) is 22.9. The van der Waals surface area contributed by atoms with Gasteiger partial charge < -0.3 is 24.2 Å². The Morgan fingerprint density at radius 1 is 0.976 bits per heavy atom. The number of hydrogen-bond acceptors (Lipinski definition) is 8. The Morgan fingerprint density at radius 3 is 2.33 bits per heavy atom. The highest BCUT2D eigenvalue weighted by atomic mass is 32.1. The van der Waals surface area contributed by atoms with E-state index in [1.165, 1.54) is 41.7 Å². The molecule has 0 saturated carbocycles. The first kappa shape index (κ1) is 29.7. The average molecular weight is 614 g/mol. The SMILES string of the molecule is N#Cc1ccc(N2CCC(OCC(=O)N3CCN(c4nc5cc(OC(F)(F)F)ccc5s4)CC3)CC2)cc1C(F)(F)F. The van der Waals surface area contributed by atoms with Gasteiger partial charge in [0.05, 0.1) is 33.5 Å². The predicted molar refractivity (Wildman–Crippen MR) is 142 cm³/mol. The zero-order chi connectivity index (χ0) is 30.1. The molecule has 2 aliphatic heterocycles. The minimum atomic E-state index is -4.78. The number of rotatable bonds is 6. The van der Waals surface area contributed by atoms with Gasteiger partial charge in [-0.15, -0.1) is 13.2 Å². The van der Waals surface area contributed by atoms with Crippen molar-refractivity contribution < 1.29 is 40.6 Å². The van der Waals surface area contributed by atoms with Crippen LogP contribution in [0.1, 0.15) is 24.0 Å². The number of piperidine rings is 1. The van der Waals surface area contributed by atoms with Crippen molar-refractivity contribution in [3.8, 4) is 11.8 Å². The van der Waals surface area contributed by atoms with E-state index in [2.05, 4.69) is 9.72 Å². The van der Waals surface area contributed by atoms with Crippen molar-refractivity contribution in [2.75, 3.05) is 55.7 Å². The maximum absolute atomic E-state index is 13.3. The second-order valence-electron chi connectivity index (χ2n) is 9.88. The summed E-state index contributed by atoms with van der Waals surface area (Å²) < 4.78 is 88.0. The number of carbonyl (C=O) groups is 1. The van der Waals surface area contributed by atoms with Crippen LogP contribution >= 0.6 is 11.3 Å². The Bertz CT molecular complexity index is 1470. The molecule has 2 aromatic carbocycles. The molecular weight excluding hydrogens is 588 g/mol. The number of carbonyl (C=O) groups excluding carboxylic acids is 1. The molecule has 3 heterocycles. The monoisotopic (exact) mass is 613 g/mol. The van der Waals surface area contributed by atoms with Gasteiger partial charge in [0, 0.05) is 51.0 Å². The topological polar surface area (TPSA) is 81.9 Å². The molecule has 0 atom stereocenters. The summed E-state index contributed by atoms with van der Waals surface area (Å²) >= 11 is 1.35. The summed E-state index contributed by atoms with van der Waals surface area (Å²) in [6.45, 7) is 2.65. The summed E-state index contributed by atoms with van der Waals surface area (Å²) in [6.07, 6.45) is -8.54. The van der Waals surface area contributed by atoms with Crippen LogP contribution in [0.5, 0.6) is 5.75 Å². The molecule has 1 aromatic heterocycles. The van der Waals surface area contributed by atoms with Crippen molar-refractivity contribution >= 4 is 38.3 Å². The molecule has 42 heavy (non-hydrogen) atoms. The Kier molecular flexibility index (Phi) is 8.38. The molecule has 0 bridgehead atoms. The van der Waals surface area contributed by atoms with E-state index < -0.39 is 23.7 Å². The number of halogens is 6. The van der Waals surface area contributed by atoms with Crippen LogP contribution in [0, 0.1) is 11.3 Å². The average Bonchev–Trinajstić information content (AvgIpc) is 3.38. The number of piperazine rings is 1. The number of aromatic nitrogens is 1. The van der Waals surface area contributed by atoms with Crippen LogP contribution < -0.4 is 14.5 Å². The number of amides is 1. The number of nitriles is 1. The Balaban J connectivity index is 1.08. The summed E-state index contributed by atoms with van der Waals surface area (Å²) in [4.78, 5) is 22.7. The lowest BCUT2D eigenvalue weighted by molar-refractivity contribution is -0.274. The standard InChI is InChI=1S/C27H25F6N5O3S/c28-26(29,30)21-13-18(2-1-17(21)15-34)36-7-5-19(6-8-36)40-16-24(39)37-9-11-38(12-10-37)25-35-22-14-20(41-27(31,32)33)3-4-23(22)42-25/h1-4,13-14,19H,5-12,16H2. The summed E-state index contributed by atoms with van der Waals surface area (Å²) in [7, 11) is 0. The molecule has 8 nitrogen and oxygen atoms in total. The highest BCUT2D eigenvalue weighted by Gasteiger charge is 2.35. The second-order valence-corrected chi connectivity index (χ2v) is 10.9. The molecule has 1 amide bonds. The lowest BCUT2D eigenvalue weighted by Gasteiger charge is -2.36. The number of alkyl halides is 6. The second kappa shape index (κ2) is 11.8. The van der Waals surface area contributed by atoms with Crippen molar-refractivity contribution in [3.63, 3.8) is 0 Å². The third-order valence-corrected chi connectivity index (χ3v) is 8.26. The van der Waals surface area contributed by atoms with Crippen LogP contribution in [-0.2, 0) is 15.7 Å². The molecule has 5 rings (SSSR count). The van der Waals surface area contributed by atoms with Gasteiger partial charge in [-0.25, -0.2) is 4.98 Å². The molecule has 15 heteroatoms. The summed E-state index contributed by atoms with van der Waals surface area (Å²) in [5, 5.41) is 9.64. The number of anilines is 2. The molecule has 224 valence electrons. The Morgan fingerprint density at radius 2 is 1.69 bits per heavy atom. The zero-order valence-electron chi connectivity index (χ0n) is 22.0. The van der Waals surface area contributed by atoms with E-state index in [4.69, 9.17) is 10.00 Å². The lowest BCUT2D eigenvalue weighted by Crippen LogP contribution is -2.50. The largest absolute Gasteiger partial charge is 0.573 e. The minimum absolute atomic E-state index is 0.108. The highest BCUT2D eigenvalue weighted by molar-refractivity contribution is 7.22. The number of thiazole rings is 1. The van der Waals surface area contributed by atoms with E-state index in [-0.39, 0.29) is 24.4 Å². The number of ether oxygens (including phenoxy) is 2. The fraction of sp³-hybridized carbons (Fsp3) is 0.444. The van der Waals surface area contributed by atoms with Crippen molar-refractivity contribution in [1.29, 1.82) is 5.26 Å². The maximum atomic E-state index is 13.3. The first-order chi connectivity index (χ1) is 19.9. The molecule has 2 aliphatic rings. The van der Waals surface area contributed by atoms with Crippen LogP contribution in [0.4, 0.5) is 37.2 Å². The van der Waals surface area contributed by atoms with Crippen LogP contribution in [-0.4, -0.2) is 74.1 Å². The van der Waals surface area contributed by atoms with Gasteiger partial charge in [0.25, 0.3) is 0 Å². The molecule has 0 radical (unpaired) electrons. The number of hydrogen-bond donors (Lipinski definition) is 0. The van der Waals surface area contributed by atoms with Gasteiger partial charge in [-0.05, 0) is 43.2 Å². The summed E-state index contributed by atoms with van der Waals surface area (Å²) in [5.74, 6) is -0.505. The predicted octanol–water partition coefficient (Wildman–Crippen LogP) is 5.42. The van der Waals surface area contributed by atoms with Gasteiger partial charge in [0.1, 0.15) is 12.4 Å². The van der Waals surface area contributed by atoms with E-state index in [1.54, 1.807) is 11.0 Å². The quantitative estimate of drug-likeness (QED) is 0.344. The summed E-state index contributed by atoms with van der Waals surface area (Å²) in [5.41, 5.74) is -0.594. The third-order valence-electron chi connectivity index (χ3n) is 7.16. The first-order valence-electron chi connectivity index (χ1n) is 13.1. The molecular formula is C27H25F6N5O3S. The smallest absolute Gasteiger partial charge is 0.406 e. The van der Waals surface area contributed by atoms with Crippen LogP contribution in [0.3, 0.4) is 0 Å².